The average molecular weight is 515 g/mol. The molecule has 1 unspecified atom stereocenters. The summed E-state index contributed by atoms with van der Waals surface area (Å²) in [6, 6.07) is 22.5. The van der Waals surface area contributed by atoms with Crippen LogP contribution in [-0.4, -0.2) is 34.4 Å². The van der Waals surface area contributed by atoms with Gasteiger partial charge in [-0.1, -0.05) is 66.7 Å². The minimum absolute atomic E-state index is 0.0436. The molecule has 1 heterocycles. The molecule has 0 aliphatic carbocycles. The van der Waals surface area contributed by atoms with Gasteiger partial charge in [-0.25, -0.2) is 9.37 Å². The highest BCUT2D eigenvalue weighted by Crippen LogP contribution is 2.25. The van der Waals surface area contributed by atoms with E-state index in [9.17, 15) is 14.0 Å². The van der Waals surface area contributed by atoms with E-state index in [1.165, 1.54) is 12.1 Å². The lowest BCUT2D eigenvalue weighted by Gasteiger charge is -2.23. The summed E-state index contributed by atoms with van der Waals surface area (Å²) in [6.07, 6.45) is 4.34. The number of amides is 2. The first-order valence-electron chi connectivity index (χ1n) is 12.5. The number of benzene rings is 3. The van der Waals surface area contributed by atoms with Crippen molar-refractivity contribution in [1.29, 1.82) is 0 Å². The Morgan fingerprint density at radius 2 is 1.63 bits per heavy atom. The van der Waals surface area contributed by atoms with Crippen LogP contribution >= 0.6 is 0 Å². The second-order valence-electron chi connectivity index (χ2n) is 8.90. The van der Waals surface area contributed by atoms with Crippen LogP contribution in [0.25, 0.3) is 0 Å². The predicted octanol–water partition coefficient (Wildman–Crippen LogP) is 3.96. The highest BCUT2D eigenvalue weighted by atomic mass is 19.1. The molecule has 8 nitrogen and oxygen atoms in total. The van der Waals surface area contributed by atoms with Gasteiger partial charge in [0.15, 0.2) is 5.95 Å². The van der Waals surface area contributed by atoms with Crippen molar-refractivity contribution in [1.82, 2.24) is 20.6 Å². The second kappa shape index (κ2) is 13.0. The molecule has 1 aromatic heterocycles. The van der Waals surface area contributed by atoms with Crippen molar-refractivity contribution >= 4 is 23.5 Å². The number of halogens is 1. The zero-order valence-electron chi connectivity index (χ0n) is 20.9. The summed E-state index contributed by atoms with van der Waals surface area (Å²) in [4.78, 5) is 34.0. The lowest BCUT2D eigenvalue weighted by Crippen LogP contribution is -2.48. The van der Waals surface area contributed by atoms with E-state index in [0.29, 0.717) is 30.9 Å². The van der Waals surface area contributed by atoms with Gasteiger partial charge in [0.1, 0.15) is 11.9 Å². The van der Waals surface area contributed by atoms with Gasteiger partial charge >= 0.3 is 0 Å². The number of nitrogens with one attached hydrogen (secondary N) is 4. The molecule has 0 radical (unpaired) electrons. The molecular formula is C29H31FN6O2. The van der Waals surface area contributed by atoms with Crippen LogP contribution < -0.4 is 21.7 Å². The number of H-pyrrole nitrogens is 1. The molecule has 0 saturated carbocycles. The van der Waals surface area contributed by atoms with E-state index in [4.69, 9.17) is 5.73 Å². The van der Waals surface area contributed by atoms with Crippen LogP contribution in [0, 0.1) is 5.82 Å². The summed E-state index contributed by atoms with van der Waals surface area (Å²) in [5.74, 6) is -1.12. The third kappa shape index (κ3) is 7.19. The molecular weight excluding hydrogens is 483 g/mol. The van der Waals surface area contributed by atoms with Crippen LogP contribution in [0.5, 0.6) is 0 Å². The van der Waals surface area contributed by atoms with Crippen molar-refractivity contribution in [3.8, 4) is 0 Å². The number of nitrogen functional groups attached to an aromatic ring is 1. The largest absolute Gasteiger partial charge is 0.396 e. The quantitative estimate of drug-likeness (QED) is 0.145. The fourth-order valence-corrected chi connectivity index (χ4v) is 4.18. The average Bonchev–Trinajstić information content (AvgIpc) is 3.46. The van der Waals surface area contributed by atoms with Gasteiger partial charge in [-0.3, -0.25) is 9.59 Å². The lowest BCUT2D eigenvalue weighted by molar-refractivity contribution is -0.129. The number of nitrogens with zero attached hydrogens (tertiary/aromatic N) is 1. The lowest BCUT2D eigenvalue weighted by atomic mass is 9.90. The van der Waals surface area contributed by atoms with Gasteiger partial charge in [0.25, 0.3) is 0 Å². The van der Waals surface area contributed by atoms with Crippen LogP contribution in [0.3, 0.4) is 0 Å². The molecule has 0 spiro atoms. The molecule has 4 rings (SSSR count). The molecule has 2 amide bonds. The zero-order chi connectivity index (χ0) is 26.7. The first kappa shape index (κ1) is 26.4. The van der Waals surface area contributed by atoms with Gasteiger partial charge < -0.3 is 26.7 Å². The Balaban J connectivity index is 1.48. The van der Waals surface area contributed by atoms with Crippen LogP contribution in [0.4, 0.5) is 16.0 Å². The molecule has 196 valence electrons. The van der Waals surface area contributed by atoms with E-state index >= 15 is 0 Å². The standard InChI is InChI=1S/C29H31FN6O2/c30-23-18-20(13-14-24(23)31)19-35-27(37)25(12-7-15-32-29-33-16-17-34-29)36-28(38)26(21-8-3-1-4-9-21)22-10-5-2-6-11-22/h1-6,8-11,13-14,16-18,25-26H,7,12,15,19,31H2,(H,35,37)(H,36,38)(H2,32,33,34). The second-order valence-corrected chi connectivity index (χ2v) is 8.90. The van der Waals surface area contributed by atoms with Crippen molar-refractivity contribution < 1.29 is 14.0 Å². The van der Waals surface area contributed by atoms with Gasteiger partial charge in [-0.2, -0.15) is 0 Å². The van der Waals surface area contributed by atoms with E-state index in [0.717, 1.165) is 11.1 Å². The summed E-state index contributed by atoms with van der Waals surface area (Å²) in [7, 11) is 0. The number of hydrogen-bond acceptors (Lipinski definition) is 5. The number of anilines is 2. The van der Waals surface area contributed by atoms with Gasteiger partial charge in [-0.05, 0) is 41.7 Å². The number of rotatable bonds is 12. The number of hydrogen-bond donors (Lipinski definition) is 5. The van der Waals surface area contributed by atoms with E-state index in [1.807, 2.05) is 60.7 Å². The smallest absolute Gasteiger partial charge is 0.242 e. The first-order valence-corrected chi connectivity index (χ1v) is 12.5. The van der Waals surface area contributed by atoms with Crippen molar-refractivity contribution in [2.24, 2.45) is 0 Å². The molecule has 3 aromatic carbocycles. The SMILES string of the molecule is Nc1ccc(CNC(=O)C(CCCNc2ncc[nH]2)NC(=O)C(c2ccccc2)c2ccccc2)cc1F. The summed E-state index contributed by atoms with van der Waals surface area (Å²) in [5.41, 5.74) is 7.82. The van der Waals surface area contributed by atoms with Crippen molar-refractivity contribution in [3.05, 3.63) is 114 Å². The number of carbonyl (C=O) groups excluding carboxylic acids is 2. The molecule has 0 aliphatic rings. The Morgan fingerprint density at radius 1 is 0.947 bits per heavy atom. The Hall–Kier alpha value is -4.66. The van der Waals surface area contributed by atoms with Gasteiger partial charge in [-0.15, -0.1) is 0 Å². The summed E-state index contributed by atoms with van der Waals surface area (Å²) in [5, 5.41) is 8.94. The van der Waals surface area contributed by atoms with Crippen LogP contribution in [0.15, 0.2) is 91.3 Å². The van der Waals surface area contributed by atoms with Crippen LogP contribution in [0.1, 0.15) is 35.4 Å². The molecule has 9 heteroatoms. The normalized spacial score (nSPS) is 11.6. The third-order valence-electron chi connectivity index (χ3n) is 6.15. The van der Waals surface area contributed by atoms with Crippen molar-refractivity contribution in [3.63, 3.8) is 0 Å². The Labute approximate surface area is 220 Å². The number of aromatic amines is 1. The maximum absolute atomic E-state index is 13.9. The molecule has 0 aliphatic heterocycles. The monoisotopic (exact) mass is 514 g/mol. The maximum atomic E-state index is 13.9. The Kier molecular flexibility index (Phi) is 9.07. The van der Waals surface area contributed by atoms with Crippen molar-refractivity contribution in [2.45, 2.75) is 31.3 Å². The minimum Gasteiger partial charge on any atom is -0.396 e. The number of aromatic nitrogens is 2. The highest BCUT2D eigenvalue weighted by molar-refractivity contribution is 5.92. The third-order valence-corrected chi connectivity index (χ3v) is 6.15. The Morgan fingerprint density at radius 3 is 2.24 bits per heavy atom. The highest BCUT2D eigenvalue weighted by Gasteiger charge is 2.27. The molecule has 6 N–H and O–H groups in total. The number of imidazole rings is 1. The molecule has 38 heavy (non-hydrogen) atoms. The van der Waals surface area contributed by atoms with E-state index < -0.39 is 17.8 Å². The van der Waals surface area contributed by atoms with E-state index in [1.54, 1.807) is 18.5 Å². The van der Waals surface area contributed by atoms with Gasteiger partial charge in [0, 0.05) is 25.5 Å². The van der Waals surface area contributed by atoms with Gasteiger partial charge in [0.05, 0.1) is 11.6 Å². The zero-order valence-corrected chi connectivity index (χ0v) is 20.9. The summed E-state index contributed by atoms with van der Waals surface area (Å²) < 4.78 is 13.9. The number of carbonyl (C=O) groups is 2. The maximum Gasteiger partial charge on any atom is 0.242 e. The van der Waals surface area contributed by atoms with Crippen molar-refractivity contribution in [2.75, 3.05) is 17.6 Å². The molecule has 4 aromatic rings. The van der Waals surface area contributed by atoms with Gasteiger partial charge in [0.2, 0.25) is 11.8 Å². The fourth-order valence-electron chi connectivity index (χ4n) is 4.18. The molecule has 0 bridgehead atoms. The van der Waals surface area contributed by atoms with E-state index in [2.05, 4.69) is 25.9 Å². The summed E-state index contributed by atoms with van der Waals surface area (Å²) in [6.45, 7) is 0.658. The van der Waals surface area contributed by atoms with E-state index in [-0.39, 0.29) is 24.0 Å². The first-order chi connectivity index (χ1) is 18.5. The van der Waals surface area contributed by atoms with Crippen LogP contribution in [0.2, 0.25) is 0 Å². The number of nitrogens with two attached hydrogens (primary N) is 1. The Bertz CT molecular complexity index is 1280. The molecule has 0 saturated heterocycles. The fraction of sp³-hybridized carbons (Fsp3) is 0.207. The predicted molar refractivity (Wildman–Crippen MR) is 146 cm³/mol. The van der Waals surface area contributed by atoms with Crippen LogP contribution in [-0.2, 0) is 16.1 Å². The topological polar surface area (TPSA) is 125 Å². The molecule has 0 fully saturated rings. The molecule has 1 atom stereocenters. The summed E-state index contributed by atoms with van der Waals surface area (Å²) >= 11 is 0. The minimum atomic E-state index is -0.797.